The molecule has 7 heteroatoms. The molecule has 2 aromatic rings. The van der Waals surface area contributed by atoms with Gasteiger partial charge in [0.05, 0.1) is 11.5 Å². The van der Waals surface area contributed by atoms with Crippen molar-refractivity contribution < 1.29 is 4.92 Å². The van der Waals surface area contributed by atoms with E-state index in [4.69, 9.17) is 0 Å². The first-order valence-corrected chi connectivity index (χ1v) is 7.91. The minimum atomic E-state index is -0.358. The average Bonchev–Trinajstić information content (AvgIpc) is 3.01. The van der Waals surface area contributed by atoms with Crippen LogP contribution in [0.1, 0.15) is 35.7 Å². The number of anilines is 1. The van der Waals surface area contributed by atoms with Gasteiger partial charge in [0.15, 0.2) is 0 Å². The Bertz CT molecular complexity index is 633. The molecule has 0 aliphatic heterocycles. The van der Waals surface area contributed by atoms with E-state index in [1.807, 2.05) is 6.92 Å². The second-order valence-corrected chi connectivity index (χ2v) is 6.09. The zero-order valence-corrected chi connectivity index (χ0v) is 13.4. The Labute approximate surface area is 127 Å². The molecule has 0 bridgehead atoms. The summed E-state index contributed by atoms with van der Waals surface area (Å²) in [4.78, 5) is 13.4. The predicted octanol–water partition coefficient (Wildman–Crippen LogP) is 3.75. The molecule has 0 aliphatic rings. The van der Waals surface area contributed by atoms with Crippen molar-refractivity contribution in [2.24, 2.45) is 0 Å². The van der Waals surface area contributed by atoms with Gasteiger partial charge in [-0.2, -0.15) is 5.10 Å². The highest BCUT2D eigenvalue weighted by atomic mass is 32.1. The number of hydrogen-bond donors (Lipinski definition) is 1. The third-order valence-corrected chi connectivity index (χ3v) is 4.44. The topological polar surface area (TPSA) is 73.0 Å². The van der Waals surface area contributed by atoms with Gasteiger partial charge in [0.1, 0.15) is 5.69 Å². The van der Waals surface area contributed by atoms with Crippen LogP contribution in [0.15, 0.2) is 12.1 Å². The predicted molar refractivity (Wildman–Crippen MR) is 84.9 cm³/mol. The zero-order chi connectivity index (χ0) is 15.4. The maximum atomic E-state index is 11.2. The van der Waals surface area contributed by atoms with Crippen LogP contribution in [0.3, 0.4) is 0 Å². The number of aromatic nitrogens is 2. The molecule has 0 aromatic carbocycles. The van der Waals surface area contributed by atoms with Crippen molar-refractivity contribution in [1.29, 1.82) is 0 Å². The van der Waals surface area contributed by atoms with Crippen LogP contribution in [-0.2, 0) is 19.5 Å². The number of nitrogens with zero attached hydrogens (tertiary/aromatic N) is 3. The highest BCUT2D eigenvalue weighted by Gasteiger charge is 2.24. The van der Waals surface area contributed by atoms with Crippen molar-refractivity contribution >= 4 is 22.8 Å². The number of hydrogen-bond acceptors (Lipinski definition) is 5. The van der Waals surface area contributed by atoms with Gasteiger partial charge in [-0.25, -0.2) is 4.68 Å². The van der Waals surface area contributed by atoms with Crippen LogP contribution in [0, 0.1) is 17.0 Å². The number of aryl methyl sites for hydroxylation is 3. The van der Waals surface area contributed by atoms with Gasteiger partial charge >= 0.3 is 5.69 Å². The number of nitro groups is 1. The van der Waals surface area contributed by atoms with E-state index in [1.165, 1.54) is 9.75 Å². The maximum Gasteiger partial charge on any atom is 0.333 e. The van der Waals surface area contributed by atoms with Crippen LogP contribution >= 0.6 is 11.3 Å². The van der Waals surface area contributed by atoms with Crippen LogP contribution in [0.5, 0.6) is 0 Å². The van der Waals surface area contributed by atoms with Crippen molar-refractivity contribution in [2.75, 3.05) is 5.32 Å². The Morgan fingerprint density at radius 3 is 2.67 bits per heavy atom. The minimum absolute atomic E-state index is 0.0794. The molecule has 0 spiro atoms. The second-order valence-electron chi connectivity index (χ2n) is 4.84. The second kappa shape index (κ2) is 6.71. The van der Waals surface area contributed by atoms with Crippen LogP contribution in [0.4, 0.5) is 11.5 Å². The third kappa shape index (κ3) is 3.41. The lowest BCUT2D eigenvalue weighted by Gasteiger charge is -2.07. The molecule has 2 aromatic heterocycles. The van der Waals surface area contributed by atoms with Crippen LogP contribution in [-0.4, -0.2) is 14.7 Å². The van der Waals surface area contributed by atoms with E-state index >= 15 is 0 Å². The molecule has 0 amide bonds. The molecular formula is C14H20N4O2S. The lowest BCUT2D eigenvalue weighted by molar-refractivity contribution is -0.384. The van der Waals surface area contributed by atoms with Crippen molar-refractivity contribution in [3.63, 3.8) is 0 Å². The van der Waals surface area contributed by atoms with Crippen LogP contribution in [0.25, 0.3) is 0 Å². The zero-order valence-electron chi connectivity index (χ0n) is 12.5. The molecule has 21 heavy (non-hydrogen) atoms. The largest absolute Gasteiger partial charge is 0.360 e. The van der Waals surface area contributed by atoms with Gasteiger partial charge in [-0.05, 0) is 31.9 Å². The van der Waals surface area contributed by atoms with E-state index in [9.17, 15) is 10.1 Å². The number of rotatable bonds is 7. The SMILES string of the molecule is CCCn1nc(C)c([N+](=O)[O-])c1NCc1ccc(CC)s1. The lowest BCUT2D eigenvalue weighted by atomic mass is 10.3. The van der Waals surface area contributed by atoms with E-state index in [-0.39, 0.29) is 10.6 Å². The quantitative estimate of drug-likeness (QED) is 0.624. The molecule has 0 saturated heterocycles. The summed E-state index contributed by atoms with van der Waals surface area (Å²) in [6.07, 6.45) is 1.89. The molecule has 0 aliphatic carbocycles. The van der Waals surface area contributed by atoms with Gasteiger partial charge < -0.3 is 5.32 Å². The molecule has 1 N–H and O–H groups in total. The van der Waals surface area contributed by atoms with E-state index < -0.39 is 0 Å². The van der Waals surface area contributed by atoms with Crippen molar-refractivity contribution in [1.82, 2.24) is 9.78 Å². The third-order valence-electron chi connectivity index (χ3n) is 3.21. The van der Waals surface area contributed by atoms with Crippen molar-refractivity contribution in [2.45, 2.75) is 46.7 Å². The van der Waals surface area contributed by atoms with Crippen molar-refractivity contribution in [3.05, 3.63) is 37.7 Å². The van der Waals surface area contributed by atoms with Crippen LogP contribution in [0.2, 0.25) is 0 Å². The lowest BCUT2D eigenvalue weighted by Crippen LogP contribution is -2.08. The maximum absolute atomic E-state index is 11.2. The van der Waals surface area contributed by atoms with E-state index in [1.54, 1.807) is 22.9 Å². The standard InChI is InChI=1S/C14H20N4O2S/c1-4-8-17-14(13(18(19)20)10(3)16-17)15-9-12-7-6-11(5-2)21-12/h6-7,15H,4-5,8-9H2,1-3H3. The Hall–Kier alpha value is -1.89. The molecule has 0 atom stereocenters. The Morgan fingerprint density at radius 1 is 1.38 bits per heavy atom. The fourth-order valence-corrected chi connectivity index (χ4v) is 3.11. The molecule has 2 rings (SSSR count). The summed E-state index contributed by atoms with van der Waals surface area (Å²) >= 11 is 1.73. The van der Waals surface area contributed by atoms with Gasteiger partial charge in [-0.15, -0.1) is 11.3 Å². The molecule has 0 unspecified atom stereocenters. The summed E-state index contributed by atoms with van der Waals surface area (Å²) < 4.78 is 1.70. The van der Waals surface area contributed by atoms with E-state index in [2.05, 4.69) is 29.5 Å². The first-order valence-electron chi connectivity index (χ1n) is 7.10. The summed E-state index contributed by atoms with van der Waals surface area (Å²) in [7, 11) is 0. The molecule has 2 heterocycles. The van der Waals surface area contributed by atoms with E-state index in [0.717, 1.165) is 12.8 Å². The summed E-state index contributed by atoms with van der Waals surface area (Å²) in [6, 6.07) is 4.17. The smallest absolute Gasteiger partial charge is 0.333 e. The number of nitrogens with one attached hydrogen (secondary N) is 1. The fraction of sp³-hybridized carbons (Fsp3) is 0.500. The number of thiophene rings is 1. The van der Waals surface area contributed by atoms with Gasteiger partial charge in [-0.3, -0.25) is 10.1 Å². The molecule has 0 radical (unpaired) electrons. The first kappa shape index (κ1) is 15.5. The van der Waals surface area contributed by atoms with Gasteiger partial charge in [0.2, 0.25) is 5.82 Å². The highest BCUT2D eigenvalue weighted by Crippen LogP contribution is 2.29. The molecule has 6 nitrogen and oxygen atoms in total. The summed E-state index contributed by atoms with van der Waals surface area (Å²) in [5.41, 5.74) is 0.534. The Balaban J connectivity index is 2.22. The Kier molecular flexibility index (Phi) is 4.95. The minimum Gasteiger partial charge on any atom is -0.360 e. The normalized spacial score (nSPS) is 10.8. The summed E-state index contributed by atoms with van der Waals surface area (Å²) in [5, 5.41) is 18.7. The average molecular weight is 308 g/mol. The highest BCUT2D eigenvalue weighted by molar-refractivity contribution is 7.12. The van der Waals surface area contributed by atoms with Crippen molar-refractivity contribution in [3.8, 4) is 0 Å². The fourth-order valence-electron chi connectivity index (χ4n) is 2.22. The van der Waals surface area contributed by atoms with Crippen LogP contribution < -0.4 is 5.32 Å². The van der Waals surface area contributed by atoms with Gasteiger partial charge in [0.25, 0.3) is 0 Å². The Morgan fingerprint density at radius 2 is 2.10 bits per heavy atom. The molecule has 0 fully saturated rings. The monoisotopic (exact) mass is 308 g/mol. The first-order chi connectivity index (χ1) is 10.1. The van der Waals surface area contributed by atoms with Gasteiger partial charge in [-0.1, -0.05) is 13.8 Å². The van der Waals surface area contributed by atoms with Gasteiger partial charge in [0, 0.05) is 16.3 Å². The summed E-state index contributed by atoms with van der Waals surface area (Å²) in [6.45, 7) is 7.07. The van der Waals surface area contributed by atoms with E-state index in [0.29, 0.717) is 24.6 Å². The molecule has 114 valence electrons. The molecule has 0 saturated carbocycles. The molecular weight excluding hydrogens is 288 g/mol. The summed E-state index contributed by atoms with van der Waals surface area (Å²) in [5.74, 6) is 0.505.